The molecule has 2 aliphatic rings. The Bertz CT molecular complexity index is 1060. The molecule has 1 atom stereocenters. The van der Waals surface area contributed by atoms with Crippen molar-refractivity contribution >= 4 is 21.6 Å². The van der Waals surface area contributed by atoms with E-state index < -0.39 is 15.6 Å². The number of carbonyl (C=O) groups excluding carboxylic acids is 1. The standard InChI is InChI=1S/C22H26N2O4S/c1-4-21(25)24-12-11-15-13-16(9-10-19(15)24)29(26,27)23-18-14-22(2,3)28-20-8-6-5-7-17(18)20/h5-10,13,18,23H,4,11-12,14H2,1-3H3. The molecule has 1 N–H and O–H groups in total. The predicted octanol–water partition coefficient (Wildman–Crippen LogP) is 3.57. The number of benzene rings is 2. The van der Waals surface area contributed by atoms with Crippen LogP contribution in [-0.2, 0) is 21.2 Å². The van der Waals surface area contributed by atoms with Crippen LogP contribution in [0.25, 0.3) is 0 Å². The van der Waals surface area contributed by atoms with E-state index in [1.165, 1.54) is 0 Å². The van der Waals surface area contributed by atoms with Crippen LogP contribution in [0.1, 0.15) is 50.8 Å². The Labute approximate surface area is 171 Å². The molecule has 1 unspecified atom stereocenters. The molecular formula is C22H26N2O4S. The first-order valence-corrected chi connectivity index (χ1v) is 11.4. The summed E-state index contributed by atoms with van der Waals surface area (Å²) < 4.78 is 35.2. The van der Waals surface area contributed by atoms with Crippen molar-refractivity contribution in [3.05, 3.63) is 53.6 Å². The van der Waals surface area contributed by atoms with Crippen LogP contribution in [-0.4, -0.2) is 26.5 Å². The van der Waals surface area contributed by atoms with E-state index in [0.717, 1.165) is 16.8 Å². The molecule has 0 aliphatic carbocycles. The van der Waals surface area contributed by atoms with Crippen molar-refractivity contribution in [3.8, 4) is 5.75 Å². The summed E-state index contributed by atoms with van der Waals surface area (Å²) in [5.41, 5.74) is 2.08. The lowest BCUT2D eigenvalue weighted by Crippen LogP contribution is -2.41. The van der Waals surface area contributed by atoms with Crippen LogP contribution in [0.3, 0.4) is 0 Å². The molecule has 2 heterocycles. The summed E-state index contributed by atoms with van der Waals surface area (Å²) in [5.74, 6) is 0.762. The average Bonchev–Trinajstić information content (AvgIpc) is 3.09. The van der Waals surface area contributed by atoms with Gasteiger partial charge in [-0.3, -0.25) is 4.79 Å². The molecular weight excluding hydrogens is 388 g/mol. The van der Waals surface area contributed by atoms with Gasteiger partial charge in [-0.1, -0.05) is 25.1 Å². The monoisotopic (exact) mass is 414 g/mol. The smallest absolute Gasteiger partial charge is 0.241 e. The molecule has 154 valence electrons. The number of carbonyl (C=O) groups is 1. The zero-order chi connectivity index (χ0) is 20.8. The van der Waals surface area contributed by atoms with E-state index in [9.17, 15) is 13.2 Å². The van der Waals surface area contributed by atoms with Gasteiger partial charge in [0.05, 0.1) is 10.9 Å². The number of nitrogens with one attached hydrogen (secondary N) is 1. The van der Waals surface area contributed by atoms with E-state index in [1.807, 2.05) is 45.0 Å². The maximum Gasteiger partial charge on any atom is 0.241 e. The highest BCUT2D eigenvalue weighted by molar-refractivity contribution is 7.89. The van der Waals surface area contributed by atoms with Gasteiger partial charge < -0.3 is 9.64 Å². The van der Waals surface area contributed by atoms with Crippen LogP contribution in [0, 0.1) is 0 Å². The minimum Gasteiger partial charge on any atom is -0.487 e. The van der Waals surface area contributed by atoms with Gasteiger partial charge in [0.1, 0.15) is 11.4 Å². The van der Waals surface area contributed by atoms with Crippen molar-refractivity contribution in [2.45, 2.75) is 56.6 Å². The zero-order valence-electron chi connectivity index (χ0n) is 16.9. The second-order valence-electron chi connectivity index (χ2n) is 8.22. The van der Waals surface area contributed by atoms with Gasteiger partial charge in [0, 0.05) is 30.6 Å². The first kappa shape index (κ1) is 19.9. The van der Waals surface area contributed by atoms with Gasteiger partial charge in [-0.25, -0.2) is 13.1 Å². The van der Waals surface area contributed by atoms with Crippen LogP contribution in [0.15, 0.2) is 47.4 Å². The summed E-state index contributed by atoms with van der Waals surface area (Å²) in [5, 5.41) is 0. The summed E-state index contributed by atoms with van der Waals surface area (Å²) in [7, 11) is -3.73. The number of nitrogens with zero attached hydrogens (tertiary/aromatic N) is 1. The first-order chi connectivity index (χ1) is 13.7. The number of hydrogen-bond acceptors (Lipinski definition) is 4. The molecule has 6 nitrogen and oxygen atoms in total. The molecule has 29 heavy (non-hydrogen) atoms. The highest BCUT2D eigenvalue weighted by atomic mass is 32.2. The molecule has 2 aromatic rings. The van der Waals surface area contributed by atoms with Gasteiger partial charge in [-0.2, -0.15) is 0 Å². The lowest BCUT2D eigenvalue weighted by molar-refractivity contribution is -0.118. The van der Waals surface area contributed by atoms with E-state index in [4.69, 9.17) is 4.74 Å². The normalized spacial score (nSPS) is 20.0. The topological polar surface area (TPSA) is 75.7 Å². The van der Waals surface area contributed by atoms with Gasteiger partial charge in [-0.05, 0) is 50.1 Å². The van der Waals surface area contributed by atoms with E-state index in [0.29, 0.717) is 31.6 Å². The molecule has 0 saturated heterocycles. The maximum atomic E-state index is 13.2. The van der Waals surface area contributed by atoms with Crippen LogP contribution in [0.4, 0.5) is 5.69 Å². The molecule has 0 spiro atoms. The fourth-order valence-electron chi connectivity index (χ4n) is 4.16. The van der Waals surface area contributed by atoms with Gasteiger partial charge in [-0.15, -0.1) is 0 Å². The number of hydrogen-bond donors (Lipinski definition) is 1. The van der Waals surface area contributed by atoms with Crippen molar-refractivity contribution in [2.24, 2.45) is 0 Å². The minimum absolute atomic E-state index is 0.0542. The van der Waals surface area contributed by atoms with Crippen molar-refractivity contribution in [3.63, 3.8) is 0 Å². The van der Waals surface area contributed by atoms with Crippen LogP contribution >= 0.6 is 0 Å². The Morgan fingerprint density at radius 2 is 2.00 bits per heavy atom. The van der Waals surface area contributed by atoms with E-state index in [-0.39, 0.29) is 16.8 Å². The third kappa shape index (κ3) is 3.76. The third-order valence-electron chi connectivity index (χ3n) is 5.53. The Kier molecular flexibility index (Phi) is 4.91. The Morgan fingerprint density at radius 1 is 1.24 bits per heavy atom. The number of anilines is 1. The molecule has 0 aromatic heterocycles. The van der Waals surface area contributed by atoms with Crippen molar-refractivity contribution in [2.75, 3.05) is 11.4 Å². The van der Waals surface area contributed by atoms with Gasteiger partial charge >= 0.3 is 0 Å². The second-order valence-corrected chi connectivity index (χ2v) is 9.93. The molecule has 2 aromatic carbocycles. The number of para-hydroxylation sites is 1. The van der Waals surface area contributed by atoms with Crippen LogP contribution in [0.2, 0.25) is 0 Å². The summed E-state index contributed by atoms with van der Waals surface area (Å²) in [4.78, 5) is 14.0. The average molecular weight is 415 g/mol. The lowest BCUT2D eigenvalue weighted by atomic mass is 9.90. The summed E-state index contributed by atoms with van der Waals surface area (Å²) in [6.07, 6.45) is 1.63. The van der Waals surface area contributed by atoms with E-state index in [2.05, 4.69) is 4.72 Å². The summed E-state index contributed by atoms with van der Waals surface area (Å²) in [6.45, 7) is 6.34. The van der Waals surface area contributed by atoms with Crippen molar-refractivity contribution in [1.82, 2.24) is 4.72 Å². The lowest BCUT2D eigenvalue weighted by Gasteiger charge is -2.37. The summed E-state index contributed by atoms with van der Waals surface area (Å²) in [6, 6.07) is 12.2. The number of amides is 1. The fraction of sp³-hybridized carbons (Fsp3) is 0.409. The van der Waals surface area contributed by atoms with E-state index in [1.54, 1.807) is 23.1 Å². The third-order valence-corrected chi connectivity index (χ3v) is 7.00. The highest BCUT2D eigenvalue weighted by Crippen LogP contribution is 2.40. The largest absolute Gasteiger partial charge is 0.487 e. The maximum absolute atomic E-state index is 13.2. The van der Waals surface area contributed by atoms with Crippen molar-refractivity contribution < 1.29 is 17.9 Å². The molecule has 2 aliphatic heterocycles. The number of sulfonamides is 1. The molecule has 4 rings (SSSR count). The van der Waals surface area contributed by atoms with Crippen LogP contribution in [0.5, 0.6) is 5.75 Å². The highest BCUT2D eigenvalue weighted by Gasteiger charge is 2.36. The number of ether oxygens (including phenoxy) is 1. The molecule has 0 fully saturated rings. The molecule has 0 bridgehead atoms. The first-order valence-electron chi connectivity index (χ1n) is 9.94. The zero-order valence-corrected chi connectivity index (χ0v) is 17.8. The van der Waals surface area contributed by atoms with Gasteiger partial charge in [0.15, 0.2) is 0 Å². The van der Waals surface area contributed by atoms with E-state index >= 15 is 0 Å². The number of rotatable bonds is 4. The molecule has 7 heteroatoms. The Morgan fingerprint density at radius 3 is 2.76 bits per heavy atom. The molecule has 0 radical (unpaired) electrons. The van der Waals surface area contributed by atoms with Gasteiger partial charge in [0.2, 0.25) is 15.9 Å². The molecule has 0 saturated carbocycles. The summed E-state index contributed by atoms with van der Waals surface area (Å²) >= 11 is 0. The SMILES string of the molecule is CCC(=O)N1CCc2cc(S(=O)(=O)NC3CC(C)(C)Oc4ccccc43)ccc21. The van der Waals surface area contributed by atoms with Crippen molar-refractivity contribution in [1.29, 1.82) is 0 Å². The second kappa shape index (κ2) is 7.15. The Balaban J connectivity index is 1.63. The van der Waals surface area contributed by atoms with Crippen LogP contribution < -0.4 is 14.4 Å². The van der Waals surface area contributed by atoms with Gasteiger partial charge in [0.25, 0.3) is 0 Å². The quantitative estimate of drug-likeness (QED) is 0.830. The fourth-order valence-corrected chi connectivity index (χ4v) is 5.42. The minimum atomic E-state index is -3.73. The number of fused-ring (bicyclic) bond motifs is 2. The molecule has 1 amide bonds. The predicted molar refractivity (Wildman–Crippen MR) is 112 cm³/mol. The Hall–Kier alpha value is -2.38.